The third kappa shape index (κ3) is 3.52. The van der Waals surface area contributed by atoms with Crippen LogP contribution in [0.1, 0.15) is 34.1 Å². The standard InChI is InChI=1S/C17H20N2O3S2/c1-11-4-5-13(12(2)8-11)16-18-9-14(23-16)15(20)19-17(3)6-7-24(21,22)10-17/h4-5,8-9H,6-7,10H2,1-3H3,(H,19,20). The van der Waals surface area contributed by atoms with Crippen LogP contribution in [0, 0.1) is 13.8 Å². The molecule has 1 N–H and O–H groups in total. The number of nitrogens with one attached hydrogen (secondary N) is 1. The highest BCUT2D eigenvalue weighted by molar-refractivity contribution is 7.91. The number of aromatic nitrogens is 1. The van der Waals surface area contributed by atoms with Crippen molar-refractivity contribution in [2.24, 2.45) is 0 Å². The van der Waals surface area contributed by atoms with E-state index in [4.69, 9.17) is 0 Å². The van der Waals surface area contributed by atoms with Gasteiger partial charge in [0.15, 0.2) is 9.84 Å². The Kier molecular flexibility index (Phi) is 4.25. The topological polar surface area (TPSA) is 76.1 Å². The average Bonchev–Trinajstić information content (AvgIpc) is 3.04. The summed E-state index contributed by atoms with van der Waals surface area (Å²) in [6.45, 7) is 5.84. The van der Waals surface area contributed by atoms with Gasteiger partial charge in [-0.1, -0.05) is 23.8 Å². The van der Waals surface area contributed by atoms with E-state index in [-0.39, 0.29) is 17.4 Å². The van der Waals surface area contributed by atoms with Crippen molar-refractivity contribution >= 4 is 27.1 Å². The lowest BCUT2D eigenvalue weighted by Gasteiger charge is -2.23. The van der Waals surface area contributed by atoms with Gasteiger partial charge in [-0.2, -0.15) is 0 Å². The minimum atomic E-state index is -3.06. The second-order valence-corrected chi connectivity index (χ2v) is 9.92. The number of amides is 1. The summed E-state index contributed by atoms with van der Waals surface area (Å²) in [7, 11) is -3.06. The van der Waals surface area contributed by atoms with Crippen LogP contribution >= 0.6 is 11.3 Å². The van der Waals surface area contributed by atoms with Crippen LogP contribution in [-0.4, -0.2) is 36.4 Å². The molecule has 1 aliphatic heterocycles. The van der Waals surface area contributed by atoms with Gasteiger partial charge < -0.3 is 5.32 Å². The number of hydrogen-bond acceptors (Lipinski definition) is 5. The molecule has 1 fully saturated rings. The minimum Gasteiger partial charge on any atom is -0.345 e. The first-order valence-electron chi connectivity index (χ1n) is 7.74. The normalized spacial score (nSPS) is 22.5. The Balaban J connectivity index is 1.79. The van der Waals surface area contributed by atoms with Crippen molar-refractivity contribution in [2.45, 2.75) is 32.7 Å². The molecule has 0 radical (unpaired) electrons. The molecule has 5 nitrogen and oxygen atoms in total. The molecule has 0 bridgehead atoms. The minimum absolute atomic E-state index is 0.00548. The highest BCUT2D eigenvalue weighted by Crippen LogP contribution is 2.29. The van der Waals surface area contributed by atoms with Crippen LogP contribution in [-0.2, 0) is 9.84 Å². The predicted molar refractivity (Wildman–Crippen MR) is 96.2 cm³/mol. The van der Waals surface area contributed by atoms with Gasteiger partial charge in [0.05, 0.1) is 23.2 Å². The third-order valence-electron chi connectivity index (χ3n) is 4.26. The molecule has 1 aromatic carbocycles. The fourth-order valence-corrected chi connectivity index (χ4v) is 6.00. The third-order valence-corrected chi connectivity index (χ3v) is 7.19. The fourth-order valence-electron chi connectivity index (χ4n) is 3.00. The lowest BCUT2D eigenvalue weighted by molar-refractivity contribution is 0.0919. The number of benzene rings is 1. The zero-order valence-electron chi connectivity index (χ0n) is 13.9. The molecule has 1 unspecified atom stereocenters. The SMILES string of the molecule is Cc1ccc(-c2ncc(C(=O)NC3(C)CCS(=O)(=O)C3)s2)c(C)c1. The van der Waals surface area contributed by atoms with Gasteiger partial charge in [-0.3, -0.25) is 4.79 Å². The van der Waals surface area contributed by atoms with Crippen LogP contribution in [0.25, 0.3) is 10.6 Å². The monoisotopic (exact) mass is 364 g/mol. The molecule has 1 amide bonds. The van der Waals surface area contributed by atoms with Crippen LogP contribution in [0.15, 0.2) is 24.4 Å². The van der Waals surface area contributed by atoms with E-state index in [2.05, 4.69) is 16.4 Å². The molecule has 0 saturated carbocycles. The number of thiazole rings is 1. The molecule has 3 rings (SSSR count). The smallest absolute Gasteiger partial charge is 0.263 e. The molecule has 7 heteroatoms. The van der Waals surface area contributed by atoms with Gasteiger partial charge in [-0.15, -0.1) is 11.3 Å². The van der Waals surface area contributed by atoms with Crippen molar-refractivity contribution in [3.8, 4) is 10.6 Å². The maximum atomic E-state index is 12.5. The van der Waals surface area contributed by atoms with Gasteiger partial charge in [0.25, 0.3) is 5.91 Å². The molecular weight excluding hydrogens is 344 g/mol. The first-order chi connectivity index (χ1) is 11.2. The Bertz CT molecular complexity index is 902. The summed E-state index contributed by atoms with van der Waals surface area (Å²) in [6, 6.07) is 6.12. The van der Waals surface area contributed by atoms with Gasteiger partial charge in [0.2, 0.25) is 0 Å². The fraction of sp³-hybridized carbons (Fsp3) is 0.412. The van der Waals surface area contributed by atoms with Crippen molar-refractivity contribution in [1.29, 1.82) is 0 Å². The van der Waals surface area contributed by atoms with Crippen LogP contribution in [0.3, 0.4) is 0 Å². The first kappa shape index (κ1) is 17.1. The maximum absolute atomic E-state index is 12.5. The summed E-state index contributed by atoms with van der Waals surface area (Å²) >= 11 is 1.32. The molecule has 1 aromatic heterocycles. The van der Waals surface area contributed by atoms with E-state index in [1.54, 1.807) is 13.1 Å². The molecule has 1 aliphatic rings. The van der Waals surface area contributed by atoms with E-state index < -0.39 is 15.4 Å². The van der Waals surface area contributed by atoms with Crippen molar-refractivity contribution < 1.29 is 13.2 Å². The highest BCUT2D eigenvalue weighted by Gasteiger charge is 2.39. The van der Waals surface area contributed by atoms with Crippen molar-refractivity contribution in [2.75, 3.05) is 11.5 Å². The van der Waals surface area contributed by atoms with Gasteiger partial charge in [0, 0.05) is 5.56 Å². The maximum Gasteiger partial charge on any atom is 0.263 e. The summed E-state index contributed by atoms with van der Waals surface area (Å²) in [4.78, 5) is 17.3. The van der Waals surface area contributed by atoms with Crippen LogP contribution in [0.2, 0.25) is 0 Å². The lowest BCUT2D eigenvalue weighted by Crippen LogP contribution is -2.46. The second kappa shape index (κ2) is 5.97. The summed E-state index contributed by atoms with van der Waals surface area (Å²) in [5.74, 6) is -0.141. The summed E-state index contributed by atoms with van der Waals surface area (Å²) in [5, 5.41) is 3.66. The van der Waals surface area contributed by atoms with Gasteiger partial charge in [-0.25, -0.2) is 13.4 Å². The summed E-state index contributed by atoms with van der Waals surface area (Å²) in [5.41, 5.74) is 2.62. The van der Waals surface area contributed by atoms with E-state index in [9.17, 15) is 13.2 Å². The summed E-state index contributed by atoms with van der Waals surface area (Å²) < 4.78 is 23.3. The van der Waals surface area contributed by atoms with Crippen molar-refractivity contribution in [3.63, 3.8) is 0 Å². The zero-order chi connectivity index (χ0) is 17.5. The summed E-state index contributed by atoms with van der Waals surface area (Å²) in [6.07, 6.45) is 2.01. The molecule has 1 saturated heterocycles. The van der Waals surface area contributed by atoms with Gasteiger partial charge >= 0.3 is 0 Å². The van der Waals surface area contributed by atoms with E-state index in [0.717, 1.165) is 16.1 Å². The van der Waals surface area contributed by atoms with E-state index in [1.807, 2.05) is 26.0 Å². The quantitative estimate of drug-likeness (QED) is 0.908. The average molecular weight is 364 g/mol. The number of sulfone groups is 1. The molecule has 1 atom stereocenters. The lowest BCUT2D eigenvalue weighted by atomic mass is 10.0. The number of carbonyl (C=O) groups is 1. The van der Waals surface area contributed by atoms with Crippen LogP contribution in [0.5, 0.6) is 0 Å². The van der Waals surface area contributed by atoms with Gasteiger partial charge in [-0.05, 0) is 32.8 Å². The number of aryl methyl sites for hydroxylation is 2. The molecule has 2 heterocycles. The van der Waals surface area contributed by atoms with Crippen LogP contribution in [0.4, 0.5) is 0 Å². The number of hydrogen-bond donors (Lipinski definition) is 1. The van der Waals surface area contributed by atoms with E-state index in [0.29, 0.717) is 11.3 Å². The van der Waals surface area contributed by atoms with E-state index in [1.165, 1.54) is 16.9 Å². The number of nitrogens with zero attached hydrogens (tertiary/aromatic N) is 1. The molecule has 0 spiro atoms. The second-order valence-electron chi connectivity index (χ2n) is 6.70. The number of rotatable bonds is 3. The molecule has 0 aliphatic carbocycles. The van der Waals surface area contributed by atoms with Crippen molar-refractivity contribution in [1.82, 2.24) is 10.3 Å². The van der Waals surface area contributed by atoms with E-state index >= 15 is 0 Å². The predicted octanol–water partition coefficient (Wildman–Crippen LogP) is 2.73. The zero-order valence-corrected chi connectivity index (χ0v) is 15.6. The van der Waals surface area contributed by atoms with Crippen molar-refractivity contribution in [3.05, 3.63) is 40.4 Å². The molecule has 2 aromatic rings. The first-order valence-corrected chi connectivity index (χ1v) is 10.4. The largest absolute Gasteiger partial charge is 0.345 e. The highest BCUT2D eigenvalue weighted by atomic mass is 32.2. The number of carbonyl (C=O) groups excluding carboxylic acids is 1. The Labute approximate surface area is 146 Å². The Morgan fingerprint density at radius 2 is 2.08 bits per heavy atom. The van der Waals surface area contributed by atoms with Crippen LogP contribution < -0.4 is 5.32 Å². The molecular formula is C17H20N2O3S2. The molecule has 128 valence electrons. The Morgan fingerprint density at radius 3 is 2.71 bits per heavy atom. The van der Waals surface area contributed by atoms with Gasteiger partial charge in [0.1, 0.15) is 9.88 Å². The Morgan fingerprint density at radius 1 is 1.33 bits per heavy atom. The Hall–Kier alpha value is -1.73. The molecule has 24 heavy (non-hydrogen) atoms.